The minimum atomic E-state index is -0.868. The van der Waals surface area contributed by atoms with E-state index in [9.17, 15) is 14.7 Å². The van der Waals surface area contributed by atoms with E-state index in [0.717, 1.165) is 0 Å². The quantitative estimate of drug-likeness (QED) is 0.704. The van der Waals surface area contributed by atoms with Crippen LogP contribution in [-0.4, -0.2) is 11.0 Å². The Balaban J connectivity index is 2.53. The van der Waals surface area contributed by atoms with Crippen molar-refractivity contribution in [3.8, 4) is 16.9 Å². The van der Waals surface area contributed by atoms with E-state index >= 15 is 0 Å². The Bertz CT molecular complexity index is 897. The molecule has 3 N–H and O–H groups in total. The van der Waals surface area contributed by atoms with Crippen LogP contribution in [0, 0.1) is 0 Å². The minimum absolute atomic E-state index is 0.00366. The highest BCUT2D eigenvalue weighted by molar-refractivity contribution is 6.07. The first kappa shape index (κ1) is 12.9. The molecule has 0 fully saturated rings. The number of aromatic hydroxyl groups is 1. The van der Waals surface area contributed by atoms with Crippen molar-refractivity contribution >= 4 is 16.9 Å². The van der Waals surface area contributed by atoms with Crippen LogP contribution in [-0.2, 0) is 0 Å². The second-order valence-corrected chi connectivity index (χ2v) is 4.55. The first-order valence-electron chi connectivity index (χ1n) is 6.23. The van der Waals surface area contributed by atoms with Gasteiger partial charge in [-0.3, -0.25) is 4.79 Å². The molecular formula is C16H11NO4. The number of fused-ring (bicyclic) bond motifs is 1. The number of carbonyl (C=O) groups excluding carboxylic acids is 1. The van der Waals surface area contributed by atoms with Crippen LogP contribution in [0.25, 0.3) is 22.1 Å². The Kier molecular flexibility index (Phi) is 2.95. The minimum Gasteiger partial charge on any atom is -0.508 e. The maximum absolute atomic E-state index is 12.0. The molecule has 0 aliphatic carbocycles. The molecule has 0 aliphatic rings. The van der Waals surface area contributed by atoms with Crippen LogP contribution in [0.4, 0.5) is 0 Å². The topological polar surface area (TPSA) is 93.5 Å². The van der Waals surface area contributed by atoms with Gasteiger partial charge in [0.2, 0.25) is 0 Å². The van der Waals surface area contributed by atoms with Gasteiger partial charge in [-0.1, -0.05) is 30.3 Å². The van der Waals surface area contributed by atoms with E-state index in [-0.39, 0.29) is 16.9 Å². The van der Waals surface area contributed by atoms with E-state index in [1.54, 1.807) is 24.3 Å². The van der Waals surface area contributed by atoms with Gasteiger partial charge in [-0.25, -0.2) is 4.79 Å². The molecule has 1 aromatic heterocycles. The van der Waals surface area contributed by atoms with Gasteiger partial charge in [-0.2, -0.15) is 0 Å². The molecule has 5 heteroatoms. The molecule has 0 aliphatic heterocycles. The first-order valence-corrected chi connectivity index (χ1v) is 6.23. The number of benzene rings is 2. The Morgan fingerprint density at radius 3 is 2.48 bits per heavy atom. The molecule has 0 atom stereocenters. The molecule has 0 unspecified atom stereocenters. The summed E-state index contributed by atoms with van der Waals surface area (Å²) in [4.78, 5) is 23.7. The summed E-state index contributed by atoms with van der Waals surface area (Å²) >= 11 is 0. The third-order valence-corrected chi connectivity index (χ3v) is 3.20. The van der Waals surface area contributed by atoms with Crippen molar-refractivity contribution in [2.24, 2.45) is 5.73 Å². The number of hydrogen-bond donors (Lipinski definition) is 2. The van der Waals surface area contributed by atoms with Gasteiger partial charge in [0, 0.05) is 10.9 Å². The average molecular weight is 281 g/mol. The van der Waals surface area contributed by atoms with Crippen LogP contribution < -0.4 is 11.4 Å². The van der Waals surface area contributed by atoms with E-state index in [0.29, 0.717) is 16.5 Å². The third kappa shape index (κ3) is 2.14. The number of amides is 1. The molecular weight excluding hydrogens is 270 g/mol. The highest BCUT2D eigenvalue weighted by atomic mass is 16.4. The van der Waals surface area contributed by atoms with Gasteiger partial charge < -0.3 is 15.3 Å². The summed E-state index contributed by atoms with van der Waals surface area (Å²) in [5, 5.41) is 10.1. The summed E-state index contributed by atoms with van der Waals surface area (Å²) in [6.45, 7) is 0. The molecule has 3 rings (SSSR count). The van der Waals surface area contributed by atoms with Gasteiger partial charge in [0.15, 0.2) is 0 Å². The highest BCUT2D eigenvalue weighted by Gasteiger charge is 2.20. The number of phenols is 1. The third-order valence-electron chi connectivity index (χ3n) is 3.20. The first-order chi connectivity index (χ1) is 10.1. The summed E-state index contributed by atoms with van der Waals surface area (Å²) in [7, 11) is 0. The van der Waals surface area contributed by atoms with Gasteiger partial charge in [-0.05, 0) is 23.8 Å². The highest BCUT2D eigenvalue weighted by Crippen LogP contribution is 2.32. The maximum Gasteiger partial charge on any atom is 0.349 e. The van der Waals surface area contributed by atoms with Crippen molar-refractivity contribution in [1.82, 2.24) is 0 Å². The fourth-order valence-corrected chi connectivity index (χ4v) is 2.32. The molecule has 3 aromatic rings. The summed E-state index contributed by atoms with van der Waals surface area (Å²) < 4.78 is 5.10. The van der Waals surface area contributed by atoms with Crippen molar-refractivity contribution in [3.05, 3.63) is 64.5 Å². The van der Waals surface area contributed by atoms with Gasteiger partial charge in [-0.15, -0.1) is 0 Å². The molecule has 21 heavy (non-hydrogen) atoms. The lowest BCUT2D eigenvalue weighted by atomic mass is 9.96. The zero-order valence-electron chi connectivity index (χ0n) is 10.9. The molecule has 2 aromatic carbocycles. The molecule has 0 radical (unpaired) electrons. The normalized spacial score (nSPS) is 10.7. The Morgan fingerprint density at radius 2 is 1.81 bits per heavy atom. The van der Waals surface area contributed by atoms with E-state index < -0.39 is 11.5 Å². The van der Waals surface area contributed by atoms with Crippen LogP contribution in [0.5, 0.6) is 5.75 Å². The second kappa shape index (κ2) is 4.79. The van der Waals surface area contributed by atoms with Gasteiger partial charge >= 0.3 is 5.63 Å². The molecule has 0 spiro atoms. The van der Waals surface area contributed by atoms with E-state index in [1.165, 1.54) is 18.2 Å². The smallest absolute Gasteiger partial charge is 0.349 e. The number of carbonyl (C=O) groups is 1. The van der Waals surface area contributed by atoms with Crippen molar-refractivity contribution in [3.63, 3.8) is 0 Å². The number of hydrogen-bond acceptors (Lipinski definition) is 4. The zero-order valence-corrected chi connectivity index (χ0v) is 10.9. The van der Waals surface area contributed by atoms with Crippen molar-refractivity contribution in [2.75, 3.05) is 0 Å². The fraction of sp³-hybridized carbons (Fsp3) is 0. The molecule has 1 heterocycles. The van der Waals surface area contributed by atoms with Crippen LogP contribution in [0.2, 0.25) is 0 Å². The summed E-state index contributed by atoms with van der Waals surface area (Å²) in [5.41, 5.74) is 5.60. The summed E-state index contributed by atoms with van der Waals surface area (Å²) in [5.74, 6) is -0.864. The van der Waals surface area contributed by atoms with Crippen LogP contribution in [0.1, 0.15) is 10.4 Å². The van der Waals surface area contributed by atoms with Crippen LogP contribution >= 0.6 is 0 Å². The lowest BCUT2D eigenvalue weighted by Gasteiger charge is -2.10. The van der Waals surface area contributed by atoms with Crippen molar-refractivity contribution < 1.29 is 14.3 Å². The summed E-state index contributed by atoms with van der Waals surface area (Å²) in [6.07, 6.45) is 0. The standard InChI is InChI=1S/C16H11NO4/c17-15(19)14-13(9-4-2-1-3-5-9)11-8-10(18)6-7-12(11)21-16(14)20/h1-8,18H,(H2,17,19). The predicted molar refractivity (Wildman–Crippen MR) is 78.1 cm³/mol. The number of phenolic OH excluding ortho intramolecular Hbond substituents is 1. The van der Waals surface area contributed by atoms with Gasteiger partial charge in [0.1, 0.15) is 16.9 Å². The largest absolute Gasteiger partial charge is 0.508 e. The summed E-state index contributed by atoms with van der Waals surface area (Å²) in [6, 6.07) is 13.2. The predicted octanol–water partition coefficient (Wildman–Crippen LogP) is 2.26. The second-order valence-electron chi connectivity index (χ2n) is 4.55. The number of nitrogens with two attached hydrogens (primary N) is 1. The molecule has 0 saturated heterocycles. The molecule has 5 nitrogen and oxygen atoms in total. The van der Waals surface area contributed by atoms with Gasteiger partial charge in [0.05, 0.1) is 0 Å². The lowest BCUT2D eigenvalue weighted by Crippen LogP contribution is -2.22. The van der Waals surface area contributed by atoms with E-state index in [2.05, 4.69) is 0 Å². The van der Waals surface area contributed by atoms with Crippen molar-refractivity contribution in [2.45, 2.75) is 0 Å². The van der Waals surface area contributed by atoms with E-state index in [1.807, 2.05) is 6.07 Å². The Hall–Kier alpha value is -3.08. The van der Waals surface area contributed by atoms with Gasteiger partial charge in [0.25, 0.3) is 5.91 Å². The molecule has 0 bridgehead atoms. The monoisotopic (exact) mass is 281 g/mol. The van der Waals surface area contributed by atoms with E-state index in [4.69, 9.17) is 10.2 Å². The molecule has 0 saturated carbocycles. The number of rotatable bonds is 2. The zero-order chi connectivity index (χ0) is 15.0. The lowest BCUT2D eigenvalue weighted by molar-refractivity contribution is 0.0997. The molecule has 1 amide bonds. The Morgan fingerprint density at radius 1 is 1.10 bits per heavy atom. The average Bonchev–Trinajstić information content (AvgIpc) is 2.47. The van der Waals surface area contributed by atoms with Crippen LogP contribution in [0.15, 0.2) is 57.7 Å². The number of primary amides is 1. The maximum atomic E-state index is 12.0. The van der Waals surface area contributed by atoms with Crippen LogP contribution in [0.3, 0.4) is 0 Å². The Labute approximate surface area is 119 Å². The molecule has 104 valence electrons. The SMILES string of the molecule is NC(=O)c1c(-c2ccccc2)c2cc(O)ccc2oc1=O. The van der Waals surface area contributed by atoms with Crippen molar-refractivity contribution in [1.29, 1.82) is 0 Å². The fourth-order valence-electron chi connectivity index (χ4n) is 2.32.